The van der Waals surface area contributed by atoms with Gasteiger partial charge in [0.1, 0.15) is 5.76 Å². The smallest absolute Gasteiger partial charge is 0.125 e. The van der Waals surface area contributed by atoms with Gasteiger partial charge in [-0.05, 0) is 54.9 Å². The molecule has 32 heavy (non-hydrogen) atoms. The summed E-state index contributed by atoms with van der Waals surface area (Å²) in [7, 11) is 0. The predicted octanol–water partition coefficient (Wildman–Crippen LogP) is 5.38. The maximum absolute atomic E-state index is 10.0. The van der Waals surface area contributed by atoms with Crippen molar-refractivity contribution < 1.29 is 4.42 Å². The molecule has 5 nitrogen and oxygen atoms in total. The van der Waals surface area contributed by atoms with Gasteiger partial charge in [-0.3, -0.25) is 4.90 Å². The Morgan fingerprint density at radius 1 is 1.12 bits per heavy atom. The molecule has 0 amide bonds. The fourth-order valence-corrected chi connectivity index (χ4v) is 5.78. The maximum atomic E-state index is 10.0. The molecule has 1 atom stereocenters. The highest BCUT2D eigenvalue weighted by Crippen LogP contribution is 2.39. The van der Waals surface area contributed by atoms with Crippen LogP contribution in [0.15, 0.2) is 46.4 Å². The fourth-order valence-electron chi connectivity index (χ4n) is 4.73. The van der Waals surface area contributed by atoms with E-state index in [2.05, 4.69) is 53.3 Å². The summed E-state index contributed by atoms with van der Waals surface area (Å²) in [6, 6.07) is 14.8. The molecule has 0 aliphatic carbocycles. The van der Waals surface area contributed by atoms with Crippen LogP contribution in [-0.2, 0) is 12.0 Å². The van der Waals surface area contributed by atoms with Crippen molar-refractivity contribution in [2.24, 2.45) is 5.92 Å². The Kier molecular flexibility index (Phi) is 6.96. The van der Waals surface area contributed by atoms with E-state index in [-0.39, 0.29) is 5.41 Å². The summed E-state index contributed by atoms with van der Waals surface area (Å²) in [6.45, 7) is 10.3. The predicted molar refractivity (Wildman–Crippen MR) is 128 cm³/mol. The summed E-state index contributed by atoms with van der Waals surface area (Å²) in [4.78, 5) is 6.16. The van der Waals surface area contributed by atoms with Crippen molar-refractivity contribution in [1.82, 2.24) is 9.80 Å². The first-order valence-corrected chi connectivity index (χ1v) is 12.2. The van der Waals surface area contributed by atoms with Gasteiger partial charge in [0.2, 0.25) is 0 Å². The van der Waals surface area contributed by atoms with Crippen molar-refractivity contribution in [3.05, 3.63) is 58.2 Å². The zero-order chi connectivity index (χ0) is 22.6. The molecule has 2 aromatic heterocycles. The molecule has 1 aliphatic rings. The van der Waals surface area contributed by atoms with Gasteiger partial charge in [-0.25, -0.2) is 0 Å². The van der Waals surface area contributed by atoms with E-state index in [1.165, 1.54) is 4.88 Å². The Labute approximate surface area is 194 Å². The van der Waals surface area contributed by atoms with E-state index in [0.717, 1.165) is 68.6 Å². The third kappa shape index (κ3) is 4.59. The second kappa shape index (κ2) is 9.88. The molecule has 1 aliphatic heterocycles. The minimum atomic E-state index is -0.373. The van der Waals surface area contributed by atoms with Crippen LogP contribution in [0.1, 0.15) is 42.9 Å². The Morgan fingerprint density at radius 3 is 2.56 bits per heavy atom. The fraction of sp³-hybridized carbons (Fsp3) is 0.462. The van der Waals surface area contributed by atoms with Crippen molar-refractivity contribution in [2.45, 2.75) is 38.6 Å². The van der Waals surface area contributed by atoms with Crippen molar-refractivity contribution in [1.29, 1.82) is 10.5 Å². The first-order valence-electron chi connectivity index (χ1n) is 11.4. The van der Waals surface area contributed by atoms with Gasteiger partial charge < -0.3 is 9.32 Å². The molecule has 4 rings (SSSR count). The molecule has 1 aromatic carbocycles. The largest absolute Gasteiger partial charge is 0.467 e. The number of rotatable bonds is 8. The van der Waals surface area contributed by atoms with E-state index in [4.69, 9.17) is 9.68 Å². The summed E-state index contributed by atoms with van der Waals surface area (Å²) < 4.78 is 5.82. The minimum absolute atomic E-state index is 0.301. The van der Waals surface area contributed by atoms with Gasteiger partial charge in [0.05, 0.1) is 35.9 Å². The molecule has 3 aromatic rings. The van der Waals surface area contributed by atoms with Crippen LogP contribution in [0.25, 0.3) is 10.8 Å². The zero-order valence-electron chi connectivity index (χ0n) is 18.9. The van der Waals surface area contributed by atoms with Crippen molar-refractivity contribution in [3.63, 3.8) is 0 Å². The van der Waals surface area contributed by atoms with E-state index in [1.807, 2.05) is 18.2 Å². The third-order valence-electron chi connectivity index (χ3n) is 6.83. The second-order valence-corrected chi connectivity index (χ2v) is 9.96. The highest BCUT2D eigenvalue weighted by molar-refractivity contribution is 7.10. The normalized spacial score (nSPS) is 17.3. The van der Waals surface area contributed by atoms with Gasteiger partial charge in [0.25, 0.3) is 0 Å². The van der Waals surface area contributed by atoms with Crippen LogP contribution in [0.5, 0.6) is 0 Å². The van der Waals surface area contributed by atoms with Gasteiger partial charge in [0.15, 0.2) is 0 Å². The Bertz CT molecular complexity index is 1110. The lowest BCUT2D eigenvalue weighted by Crippen LogP contribution is -2.46. The highest BCUT2D eigenvalue weighted by Gasteiger charge is 2.36. The van der Waals surface area contributed by atoms with Crippen LogP contribution < -0.4 is 0 Å². The van der Waals surface area contributed by atoms with E-state index in [9.17, 15) is 5.26 Å². The van der Waals surface area contributed by atoms with E-state index >= 15 is 0 Å². The number of thiophene rings is 1. The average Bonchev–Trinajstić information content (AvgIpc) is 3.48. The van der Waals surface area contributed by atoms with Gasteiger partial charge in [-0.15, -0.1) is 11.3 Å². The monoisotopic (exact) mass is 446 g/mol. The molecule has 1 saturated heterocycles. The number of fused-ring (bicyclic) bond motifs is 1. The third-order valence-corrected chi connectivity index (χ3v) is 7.88. The lowest BCUT2D eigenvalue weighted by molar-refractivity contribution is 0.118. The van der Waals surface area contributed by atoms with Gasteiger partial charge in [-0.1, -0.05) is 19.9 Å². The molecule has 0 spiro atoms. The number of benzene rings is 1. The van der Waals surface area contributed by atoms with Crippen LogP contribution in [0.2, 0.25) is 0 Å². The molecule has 0 bridgehead atoms. The van der Waals surface area contributed by atoms with Gasteiger partial charge in [0, 0.05) is 41.8 Å². The van der Waals surface area contributed by atoms with Crippen LogP contribution in [0, 0.1) is 28.6 Å². The zero-order valence-corrected chi connectivity index (χ0v) is 19.7. The molecule has 0 N–H and O–H groups in total. The number of nitrogens with zero attached hydrogens (tertiary/aromatic N) is 4. The molecule has 166 valence electrons. The molecular formula is C26H30N4OS. The summed E-state index contributed by atoms with van der Waals surface area (Å²) in [6.07, 6.45) is 3.70. The standard InChI is InChI=1S/C26H30N4OS/c1-20(2)26(19-28,25-5-3-14-32-25)8-4-9-29-10-12-30(13-11-29)17-24-23-7-6-21(16-27)15-22(23)18-31-24/h3,5-7,14-15,18,20H,4,8-13,17H2,1-2H3. The van der Waals surface area contributed by atoms with Crippen LogP contribution >= 0.6 is 11.3 Å². The molecule has 0 radical (unpaired) electrons. The number of piperazine rings is 1. The molecule has 0 saturated carbocycles. The Balaban J connectivity index is 1.28. The topological polar surface area (TPSA) is 67.2 Å². The molecule has 3 heterocycles. The van der Waals surface area contributed by atoms with Crippen molar-refractivity contribution >= 4 is 22.1 Å². The maximum Gasteiger partial charge on any atom is 0.125 e. The number of furan rings is 1. The van der Waals surface area contributed by atoms with Crippen LogP contribution in [0.3, 0.4) is 0 Å². The minimum Gasteiger partial charge on any atom is -0.467 e. The number of hydrogen-bond acceptors (Lipinski definition) is 6. The summed E-state index contributed by atoms with van der Waals surface area (Å²) in [5.74, 6) is 1.28. The molecule has 6 heteroatoms. The first-order chi connectivity index (χ1) is 15.6. The molecule has 1 unspecified atom stereocenters. The lowest BCUT2D eigenvalue weighted by atomic mass is 9.73. The first kappa shape index (κ1) is 22.6. The Hall–Kier alpha value is -2.64. The molecule has 1 fully saturated rings. The van der Waals surface area contributed by atoms with Crippen molar-refractivity contribution in [2.75, 3.05) is 32.7 Å². The number of nitriles is 2. The summed E-state index contributed by atoms with van der Waals surface area (Å²) >= 11 is 1.71. The quantitative estimate of drug-likeness (QED) is 0.465. The highest BCUT2D eigenvalue weighted by atomic mass is 32.1. The average molecular weight is 447 g/mol. The molecular weight excluding hydrogens is 416 g/mol. The van der Waals surface area contributed by atoms with Gasteiger partial charge >= 0.3 is 0 Å². The Morgan fingerprint density at radius 2 is 1.91 bits per heavy atom. The van der Waals surface area contributed by atoms with Crippen LogP contribution in [0.4, 0.5) is 0 Å². The summed E-state index contributed by atoms with van der Waals surface area (Å²) in [5.41, 5.74) is 0.289. The lowest BCUT2D eigenvalue weighted by Gasteiger charge is -2.35. The van der Waals surface area contributed by atoms with Crippen LogP contribution in [-0.4, -0.2) is 42.5 Å². The van der Waals surface area contributed by atoms with E-state index < -0.39 is 0 Å². The van der Waals surface area contributed by atoms with Gasteiger partial charge in [-0.2, -0.15) is 10.5 Å². The summed E-state index contributed by atoms with van der Waals surface area (Å²) in [5, 5.41) is 23.3. The second-order valence-electron chi connectivity index (χ2n) is 9.01. The SMILES string of the molecule is CC(C)C(C#N)(CCCN1CCN(Cc2occ3cc(C#N)ccc23)CC1)c1cccs1. The van der Waals surface area contributed by atoms with E-state index in [1.54, 1.807) is 17.6 Å². The number of hydrogen-bond donors (Lipinski definition) is 0. The van der Waals surface area contributed by atoms with Crippen molar-refractivity contribution in [3.8, 4) is 12.1 Å². The van der Waals surface area contributed by atoms with E-state index in [0.29, 0.717) is 11.5 Å².